The van der Waals surface area contributed by atoms with E-state index in [1.165, 1.54) is 37.9 Å². The Hall–Kier alpha value is -2.33. The minimum atomic E-state index is 0.0906. The van der Waals surface area contributed by atoms with E-state index in [0.717, 1.165) is 24.4 Å². The molecule has 142 valence electrons. The van der Waals surface area contributed by atoms with Crippen LogP contribution in [0.5, 0.6) is 5.75 Å². The predicted octanol–water partition coefficient (Wildman–Crippen LogP) is 4.29. The van der Waals surface area contributed by atoms with Crippen LogP contribution in [-0.2, 0) is 4.79 Å². The molecule has 2 aromatic rings. The van der Waals surface area contributed by atoms with Crippen molar-refractivity contribution in [2.24, 2.45) is 5.92 Å². The lowest BCUT2D eigenvalue weighted by Gasteiger charge is -2.26. The Kier molecular flexibility index (Phi) is 5.73. The first-order valence-electron chi connectivity index (χ1n) is 10.1. The van der Waals surface area contributed by atoms with Crippen LogP contribution in [0, 0.1) is 5.92 Å². The molecule has 1 heterocycles. The zero-order valence-electron chi connectivity index (χ0n) is 15.8. The number of hydrogen-bond donors (Lipinski definition) is 1. The molecule has 1 amide bonds. The van der Waals surface area contributed by atoms with Crippen molar-refractivity contribution in [3.8, 4) is 5.75 Å². The molecule has 4 heteroatoms. The van der Waals surface area contributed by atoms with E-state index in [4.69, 9.17) is 4.74 Å². The maximum atomic E-state index is 12.4. The van der Waals surface area contributed by atoms with Crippen molar-refractivity contribution in [3.05, 3.63) is 60.2 Å². The molecule has 1 N–H and O–H groups in total. The summed E-state index contributed by atoms with van der Waals surface area (Å²) in [4.78, 5) is 14.9. The molecule has 0 spiro atoms. The van der Waals surface area contributed by atoms with Crippen molar-refractivity contribution in [3.63, 3.8) is 0 Å². The lowest BCUT2D eigenvalue weighted by atomic mass is 10.1. The van der Waals surface area contributed by atoms with Crippen molar-refractivity contribution in [2.45, 2.75) is 31.6 Å². The largest absolute Gasteiger partial charge is 0.492 e. The number of ether oxygens (including phenoxy) is 1. The molecule has 2 fully saturated rings. The average molecular weight is 364 g/mol. The Morgan fingerprint density at radius 2 is 1.74 bits per heavy atom. The monoisotopic (exact) mass is 364 g/mol. The number of rotatable bonds is 7. The van der Waals surface area contributed by atoms with Gasteiger partial charge in [0.05, 0.1) is 0 Å². The van der Waals surface area contributed by atoms with Crippen LogP contribution < -0.4 is 10.1 Å². The lowest BCUT2D eigenvalue weighted by Crippen LogP contribution is -2.33. The number of benzene rings is 2. The molecule has 0 radical (unpaired) electrons. The summed E-state index contributed by atoms with van der Waals surface area (Å²) >= 11 is 0. The highest BCUT2D eigenvalue weighted by atomic mass is 16.5. The van der Waals surface area contributed by atoms with E-state index in [2.05, 4.69) is 22.3 Å². The molecular weight excluding hydrogens is 336 g/mol. The highest BCUT2D eigenvalue weighted by Gasteiger charge is 2.43. The molecule has 1 aliphatic heterocycles. The van der Waals surface area contributed by atoms with Crippen molar-refractivity contribution in [1.29, 1.82) is 0 Å². The summed E-state index contributed by atoms with van der Waals surface area (Å²) in [5, 5.41) is 3.04. The summed E-state index contributed by atoms with van der Waals surface area (Å²) in [7, 11) is 0. The first-order chi connectivity index (χ1) is 13.3. The number of anilines is 1. The van der Waals surface area contributed by atoms with E-state index in [0.29, 0.717) is 12.5 Å². The van der Waals surface area contributed by atoms with Gasteiger partial charge in [0.2, 0.25) is 5.91 Å². The highest BCUT2D eigenvalue weighted by molar-refractivity contribution is 5.95. The number of piperidine rings is 1. The summed E-state index contributed by atoms with van der Waals surface area (Å²) in [5.41, 5.74) is 2.09. The van der Waals surface area contributed by atoms with Gasteiger partial charge in [0.15, 0.2) is 0 Å². The van der Waals surface area contributed by atoms with Gasteiger partial charge in [0.25, 0.3) is 0 Å². The number of likely N-dealkylation sites (tertiary alicyclic amines) is 1. The SMILES string of the molecule is O=C(Nc1ccc(OCCN2CCCCC2)cc1)C1CC1c1ccccc1. The second kappa shape index (κ2) is 8.57. The van der Waals surface area contributed by atoms with Gasteiger partial charge >= 0.3 is 0 Å². The van der Waals surface area contributed by atoms with E-state index < -0.39 is 0 Å². The summed E-state index contributed by atoms with van der Waals surface area (Å²) in [6, 6.07) is 18.0. The summed E-state index contributed by atoms with van der Waals surface area (Å²) in [6.07, 6.45) is 4.91. The Labute approximate surface area is 161 Å². The smallest absolute Gasteiger partial charge is 0.228 e. The van der Waals surface area contributed by atoms with Crippen LogP contribution in [0.1, 0.15) is 37.2 Å². The minimum absolute atomic E-state index is 0.0906. The number of carbonyl (C=O) groups is 1. The van der Waals surface area contributed by atoms with Crippen molar-refractivity contribution < 1.29 is 9.53 Å². The van der Waals surface area contributed by atoms with Crippen molar-refractivity contribution in [1.82, 2.24) is 4.90 Å². The molecule has 4 rings (SSSR count). The molecule has 4 nitrogen and oxygen atoms in total. The third kappa shape index (κ3) is 4.89. The predicted molar refractivity (Wildman–Crippen MR) is 108 cm³/mol. The maximum Gasteiger partial charge on any atom is 0.228 e. The number of amides is 1. The van der Waals surface area contributed by atoms with Crippen LogP contribution in [0.25, 0.3) is 0 Å². The Balaban J connectivity index is 1.21. The molecule has 2 unspecified atom stereocenters. The van der Waals surface area contributed by atoms with E-state index in [-0.39, 0.29) is 11.8 Å². The molecule has 2 aliphatic rings. The van der Waals surface area contributed by atoms with Gasteiger partial charge in [-0.15, -0.1) is 0 Å². The minimum Gasteiger partial charge on any atom is -0.492 e. The number of hydrogen-bond acceptors (Lipinski definition) is 3. The fourth-order valence-electron chi connectivity index (χ4n) is 3.90. The Morgan fingerprint density at radius 3 is 2.48 bits per heavy atom. The second-order valence-electron chi connectivity index (χ2n) is 7.62. The topological polar surface area (TPSA) is 41.6 Å². The van der Waals surface area contributed by atoms with Crippen molar-refractivity contribution >= 4 is 11.6 Å². The van der Waals surface area contributed by atoms with E-state index in [1.807, 2.05) is 42.5 Å². The number of nitrogens with zero attached hydrogens (tertiary/aromatic N) is 1. The van der Waals surface area contributed by atoms with E-state index in [1.54, 1.807) is 0 Å². The molecule has 1 aliphatic carbocycles. The third-order valence-electron chi connectivity index (χ3n) is 5.60. The molecular formula is C23H28N2O2. The van der Waals surface area contributed by atoms with E-state index in [9.17, 15) is 4.79 Å². The van der Waals surface area contributed by atoms with Crippen molar-refractivity contribution in [2.75, 3.05) is 31.6 Å². The van der Waals surface area contributed by atoms with Crippen LogP contribution in [0.4, 0.5) is 5.69 Å². The van der Waals surface area contributed by atoms with E-state index >= 15 is 0 Å². The third-order valence-corrected chi connectivity index (χ3v) is 5.60. The average Bonchev–Trinajstić information content (AvgIpc) is 3.52. The van der Waals surface area contributed by atoms with Crippen LogP contribution in [0.2, 0.25) is 0 Å². The first-order valence-corrected chi connectivity index (χ1v) is 10.1. The molecule has 1 saturated carbocycles. The summed E-state index contributed by atoms with van der Waals surface area (Å²) in [5.74, 6) is 1.43. The highest BCUT2D eigenvalue weighted by Crippen LogP contribution is 2.47. The maximum absolute atomic E-state index is 12.4. The number of nitrogens with one attached hydrogen (secondary N) is 1. The molecule has 2 aromatic carbocycles. The molecule has 0 bridgehead atoms. The van der Waals surface area contributed by atoms with Crippen LogP contribution >= 0.6 is 0 Å². The quantitative estimate of drug-likeness (QED) is 0.797. The van der Waals surface area contributed by atoms with Gasteiger partial charge in [-0.1, -0.05) is 36.8 Å². The van der Waals surface area contributed by atoms with Crippen LogP contribution in [-0.4, -0.2) is 37.0 Å². The van der Waals surface area contributed by atoms with Gasteiger partial charge in [0, 0.05) is 18.2 Å². The van der Waals surface area contributed by atoms with Gasteiger partial charge in [0.1, 0.15) is 12.4 Å². The molecule has 1 saturated heterocycles. The Morgan fingerprint density at radius 1 is 1.00 bits per heavy atom. The fraction of sp³-hybridized carbons (Fsp3) is 0.435. The first kappa shape index (κ1) is 18.1. The molecule has 0 aromatic heterocycles. The lowest BCUT2D eigenvalue weighted by molar-refractivity contribution is -0.117. The van der Waals surface area contributed by atoms with Gasteiger partial charge < -0.3 is 10.1 Å². The van der Waals surface area contributed by atoms with Gasteiger partial charge in [-0.05, 0) is 68.1 Å². The van der Waals surface area contributed by atoms with Gasteiger partial charge in [-0.25, -0.2) is 0 Å². The zero-order valence-corrected chi connectivity index (χ0v) is 15.8. The molecule has 2 atom stereocenters. The zero-order chi connectivity index (χ0) is 18.5. The van der Waals surface area contributed by atoms with Crippen LogP contribution in [0.3, 0.4) is 0 Å². The molecule has 27 heavy (non-hydrogen) atoms. The summed E-state index contributed by atoms with van der Waals surface area (Å²) < 4.78 is 5.85. The summed E-state index contributed by atoms with van der Waals surface area (Å²) in [6.45, 7) is 4.09. The van der Waals surface area contributed by atoms with Gasteiger partial charge in [-0.2, -0.15) is 0 Å². The van der Waals surface area contributed by atoms with Crippen LogP contribution in [0.15, 0.2) is 54.6 Å². The second-order valence-corrected chi connectivity index (χ2v) is 7.62. The fourth-order valence-corrected chi connectivity index (χ4v) is 3.90. The van der Waals surface area contributed by atoms with Gasteiger partial charge in [-0.3, -0.25) is 9.69 Å². The number of carbonyl (C=O) groups excluding carboxylic acids is 1. The standard InChI is InChI=1S/C23H28N2O2/c26-23(22-17-21(22)18-7-3-1-4-8-18)24-19-9-11-20(12-10-19)27-16-15-25-13-5-2-6-14-25/h1,3-4,7-12,21-22H,2,5-6,13-17H2,(H,24,26). The Bertz CT molecular complexity index is 739. The normalized spacial score (nSPS) is 22.2.